The van der Waals surface area contributed by atoms with Gasteiger partial charge in [-0.1, -0.05) is 0 Å². The van der Waals surface area contributed by atoms with E-state index in [0.29, 0.717) is 11.7 Å². The summed E-state index contributed by atoms with van der Waals surface area (Å²) in [5, 5.41) is 0. The SMILES string of the molecule is Cn1cccc1C1CCCC(=O)C1. The maximum absolute atomic E-state index is 11.3. The molecule has 0 aromatic carbocycles. The normalized spacial score (nSPS) is 23.5. The predicted octanol–water partition coefficient (Wildman–Crippen LogP) is 2.25. The van der Waals surface area contributed by atoms with Crippen molar-refractivity contribution in [2.24, 2.45) is 7.05 Å². The van der Waals surface area contributed by atoms with E-state index in [1.165, 1.54) is 12.1 Å². The Kier molecular flexibility index (Phi) is 2.21. The van der Waals surface area contributed by atoms with Crippen LogP contribution >= 0.6 is 0 Å². The maximum atomic E-state index is 11.3. The molecule has 0 spiro atoms. The fraction of sp³-hybridized carbons (Fsp3) is 0.545. The summed E-state index contributed by atoms with van der Waals surface area (Å²) in [6.45, 7) is 0. The number of carbonyl (C=O) groups is 1. The van der Waals surface area contributed by atoms with Crippen LogP contribution in [0.15, 0.2) is 18.3 Å². The number of nitrogens with zero attached hydrogens (tertiary/aromatic N) is 1. The van der Waals surface area contributed by atoms with Gasteiger partial charge in [0.2, 0.25) is 0 Å². The Labute approximate surface area is 78.6 Å². The van der Waals surface area contributed by atoms with Gasteiger partial charge in [-0.05, 0) is 25.0 Å². The molecule has 1 aromatic rings. The van der Waals surface area contributed by atoms with Crippen molar-refractivity contribution in [1.82, 2.24) is 4.57 Å². The molecule has 1 heterocycles. The molecular formula is C11H15NO. The molecule has 1 saturated carbocycles. The zero-order chi connectivity index (χ0) is 9.26. The minimum atomic E-state index is 0.428. The summed E-state index contributed by atoms with van der Waals surface area (Å²) in [6, 6.07) is 4.18. The number of carbonyl (C=O) groups excluding carboxylic acids is 1. The molecule has 0 aliphatic heterocycles. The van der Waals surface area contributed by atoms with Gasteiger partial charge < -0.3 is 4.57 Å². The van der Waals surface area contributed by atoms with Crippen LogP contribution in [-0.4, -0.2) is 10.4 Å². The third-order valence-electron chi connectivity index (χ3n) is 2.88. The van der Waals surface area contributed by atoms with E-state index >= 15 is 0 Å². The fourth-order valence-electron chi connectivity index (χ4n) is 2.18. The highest BCUT2D eigenvalue weighted by atomic mass is 16.1. The first kappa shape index (κ1) is 8.54. The minimum Gasteiger partial charge on any atom is -0.354 e. The quantitative estimate of drug-likeness (QED) is 0.645. The van der Waals surface area contributed by atoms with Crippen LogP contribution in [0.2, 0.25) is 0 Å². The van der Waals surface area contributed by atoms with E-state index in [1.54, 1.807) is 0 Å². The largest absolute Gasteiger partial charge is 0.354 e. The summed E-state index contributed by atoms with van der Waals surface area (Å²) < 4.78 is 2.13. The van der Waals surface area contributed by atoms with E-state index in [1.807, 2.05) is 0 Å². The lowest BCUT2D eigenvalue weighted by Gasteiger charge is -2.21. The van der Waals surface area contributed by atoms with Crippen molar-refractivity contribution in [3.8, 4) is 0 Å². The molecular weight excluding hydrogens is 162 g/mol. The number of hydrogen-bond donors (Lipinski definition) is 0. The van der Waals surface area contributed by atoms with Crippen molar-refractivity contribution in [3.63, 3.8) is 0 Å². The van der Waals surface area contributed by atoms with E-state index in [9.17, 15) is 4.79 Å². The van der Waals surface area contributed by atoms with Crippen molar-refractivity contribution in [2.45, 2.75) is 31.6 Å². The van der Waals surface area contributed by atoms with Crippen LogP contribution in [0.5, 0.6) is 0 Å². The molecule has 70 valence electrons. The van der Waals surface area contributed by atoms with Crippen LogP contribution in [0.4, 0.5) is 0 Å². The Morgan fingerprint density at radius 3 is 3.00 bits per heavy atom. The Morgan fingerprint density at radius 1 is 1.54 bits per heavy atom. The summed E-state index contributed by atoms with van der Waals surface area (Å²) >= 11 is 0. The lowest BCUT2D eigenvalue weighted by molar-refractivity contribution is -0.120. The molecule has 13 heavy (non-hydrogen) atoms. The number of aromatic nitrogens is 1. The summed E-state index contributed by atoms with van der Waals surface area (Å²) in [6.07, 6.45) is 5.82. The van der Waals surface area contributed by atoms with E-state index in [4.69, 9.17) is 0 Å². The number of hydrogen-bond acceptors (Lipinski definition) is 1. The van der Waals surface area contributed by atoms with E-state index in [0.717, 1.165) is 19.3 Å². The Morgan fingerprint density at radius 2 is 2.38 bits per heavy atom. The molecule has 1 unspecified atom stereocenters. The van der Waals surface area contributed by atoms with Gasteiger partial charge in [-0.3, -0.25) is 4.79 Å². The van der Waals surface area contributed by atoms with E-state index in [2.05, 4.69) is 29.9 Å². The van der Waals surface area contributed by atoms with E-state index in [-0.39, 0.29) is 0 Å². The summed E-state index contributed by atoms with van der Waals surface area (Å²) in [7, 11) is 2.05. The smallest absolute Gasteiger partial charge is 0.133 e. The molecule has 0 N–H and O–H groups in total. The zero-order valence-corrected chi connectivity index (χ0v) is 7.99. The van der Waals surface area contributed by atoms with Gasteiger partial charge in [-0.15, -0.1) is 0 Å². The molecule has 0 bridgehead atoms. The topological polar surface area (TPSA) is 22.0 Å². The van der Waals surface area contributed by atoms with Gasteiger partial charge in [-0.2, -0.15) is 0 Å². The van der Waals surface area contributed by atoms with Crippen molar-refractivity contribution in [2.75, 3.05) is 0 Å². The van der Waals surface area contributed by atoms with Gasteiger partial charge in [-0.25, -0.2) is 0 Å². The van der Waals surface area contributed by atoms with Crippen LogP contribution < -0.4 is 0 Å². The molecule has 0 saturated heterocycles. The highest BCUT2D eigenvalue weighted by Gasteiger charge is 2.22. The molecule has 1 atom stereocenters. The Balaban J connectivity index is 2.17. The van der Waals surface area contributed by atoms with Gasteiger partial charge in [0.15, 0.2) is 0 Å². The molecule has 1 aliphatic carbocycles. The van der Waals surface area contributed by atoms with Gasteiger partial charge >= 0.3 is 0 Å². The third-order valence-corrected chi connectivity index (χ3v) is 2.88. The van der Waals surface area contributed by atoms with Crippen molar-refractivity contribution >= 4 is 5.78 Å². The maximum Gasteiger partial charge on any atom is 0.133 e. The lowest BCUT2D eigenvalue weighted by atomic mass is 9.86. The Hall–Kier alpha value is -1.05. The molecule has 1 aromatic heterocycles. The number of Topliss-reactive ketones (excluding diaryl/α,β-unsaturated/α-hetero) is 1. The average Bonchev–Trinajstić information content (AvgIpc) is 2.51. The Bertz CT molecular complexity index is 314. The van der Waals surface area contributed by atoms with Crippen LogP contribution in [0.25, 0.3) is 0 Å². The van der Waals surface area contributed by atoms with Gasteiger partial charge in [0, 0.05) is 37.7 Å². The molecule has 1 fully saturated rings. The van der Waals surface area contributed by atoms with Gasteiger partial charge in [0.05, 0.1) is 0 Å². The first-order valence-electron chi connectivity index (χ1n) is 4.90. The summed E-state index contributed by atoms with van der Waals surface area (Å²) in [5.41, 5.74) is 1.31. The van der Waals surface area contributed by atoms with Crippen LogP contribution in [0.1, 0.15) is 37.3 Å². The molecule has 0 radical (unpaired) electrons. The number of rotatable bonds is 1. The summed E-state index contributed by atoms with van der Waals surface area (Å²) in [5.74, 6) is 0.902. The first-order valence-corrected chi connectivity index (χ1v) is 4.90. The van der Waals surface area contributed by atoms with Crippen molar-refractivity contribution < 1.29 is 4.79 Å². The minimum absolute atomic E-state index is 0.428. The standard InChI is InChI=1S/C11H15NO/c1-12-7-3-6-11(12)9-4-2-5-10(13)8-9/h3,6-7,9H,2,4-5,8H2,1H3. The molecule has 2 nitrogen and oxygen atoms in total. The zero-order valence-electron chi connectivity index (χ0n) is 7.99. The van der Waals surface area contributed by atoms with E-state index < -0.39 is 0 Å². The molecule has 0 amide bonds. The summed E-state index contributed by atoms with van der Waals surface area (Å²) in [4.78, 5) is 11.3. The number of ketones is 1. The van der Waals surface area contributed by atoms with Crippen LogP contribution in [0.3, 0.4) is 0 Å². The van der Waals surface area contributed by atoms with Crippen molar-refractivity contribution in [1.29, 1.82) is 0 Å². The molecule has 1 aliphatic rings. The highest BCUT2D eigenvalue weighted by Crippen LogP contribution is 2.30. The van der Waals surface area contributed by atoms with Gasteiger partial charge in [0.1, 0.15) is 5.78 Å². The second-order valence-electron chi connectivity index (χ2n) is 3.88. The molecule has 2 rings (SSSR count). The fourth-order valence-corrected chi connectivity index (χ4v) is 2.18. The molecule has 2 heteroatoms. The highest BCUT2D eigenvalue weighted by molar-refractivity contribution is 5.80. The first-order chi connectivity index (χ1) is 6.27. The third kappa shape index (κ3) is 1.67. The predicted molar refractivity (Wildman–Crippen MR) is 51.6 cm³/mol. The van der Waals surface area contributed by atoms with Gasteiger partial charge in [0.25, 0.3) is 0 Å². The second-order valence-corrected chi connectivity index (χ2v) is 3.88. The van der Waals surface area contributed by atoms with Crippen LogP contribution in [0, 0.1) is 0 Å². The number of aryl methyl sites for hydroxylation is 1. The lowest BCUT2D eigenvalue weighted by Crippen LogP contribution is -2.15. The average molecular weight is 177 g/mol. The monoisotopic (exact) mass is 177 g/mol. The van der Waals surface area contributed by atoms with Crippen LogP contribution in [-0.2, 0) is 11.8 Å². The second kappa shape index (κ2) is 3.36. The van der Waals surface area contributed by atoms with Crippen molar-refractivity contribution in [3.05, 3.63) is 24.0 Å².